The molecular formula is C11H10O5. The van der Waals surface area contributed by atoms with Gasteiger partial charge in [0, 0.05) is 12.5 Å². The Balaban J connectivity index is 1.87. The summed E-state index contributed by atoms with van der Waals surface area (Å²) in [6.07, 6.45) is 3.83. The van der Waals surface area contributed by atoms with Crippen LogP contribution >= 0.6 is 0 Å². The lowest BCUT2D eigenvalue weighted by atomic mass is 10.3. The van der Waals surface area contributed by atoms with Crippen molar-refractivity contribution in [2.75, 3.05) is 6.61 Å². The lowest BCUT2D eigenvalue weighted by Crippen LogP contribution is -2.21. The van der Waals surface area contributed by atoms with Gasteiger partial charge in [0.15, 0.2) is 0 Å². The number of hydrogen-bond donors (Lipinski definition) is 0. The molecule has 1 atom stereocenters. The van der Waals surface area contributed by atoms with Crippen LogP contribution in [0, 0.1) is 0 Å². The van der Waals surface area contributed by atoms with Crippen LogP contribution in [0.15, 0.2) is 28.9 Å². The second kappa shape index (κ2) is 4.65. The van der Waals surface area contributed by atoms with Gasteiger partial charge in [-0.15, -0.1) is 0 Å². The van der Waals surface area contributed by atoms with Crippen molar-refractivity contribution in [1.29, 1.82) is 0 Å². The molecular weight excluding hydrogens is 212 g/mol. The fourth-order valence-electron chi connectivity index (χ4n) is 1.30. The van der Waals surface area contributed by atoms with Gasteiger partial charge in [-0.1, -0.05) is 0 Å². The van der Waals surface area contributed by atoms with Crippen molar-refractivity contribution in [3.8, 4) is 0 Å². The number of rotatable bonds is 3. The Labute approximate surface area is 91.6 Å². The molecule has 0 bridgehead atoms. The number of cyclic esters (lactones) is 1. The van der Waals surface area contributed by atoms with Gasteiger partial charge in [-0.2, -0.15) is 0 Å². The Hall–Kier alpha value is -2.04. The molecule has 0 spiro atoms. The number of esters is 2. The van der Waals surface area contributed by atoms with Crippen LogP contribution in [-0.4, -0.2) is 24.6 Å². The zero-order chi connectivity index (χ0) is 11.4. The summed E-state index contributed by atoms with van der Waals surface area (Å²) in [5.74, 6) is -0.522. The molecule has 16 heavy (non-hydrogen) atoms. The molecule has 0 aromatic carbocycles. The summed E-state index contributed by atoms with van der Waals surface area (Å²) in [5, 5.41) is 0. The van der Waals surface area contributed by atoms with E-state index in [2.05, 4.69) is 4.74 Å². The van der Waals surface area contributed by atoms with Gasteiger partial charge in [-0.3, -0.25) is 0 Å². The molecule has 0 radical (unpaired) electrons. The molecule has 1 aromatic heterocycles. The molecule has 84 valence electrons. The predicted octanol–water partition coefficient (Wildman–Crippen LogP) is 1.15. The van der Waals surface area contributed by atoms with Gasteiger partial charge in [0.1, 0.15) is 5.76 Å². The molecule has 0 amide bonds. The fraction of sp³-hybridized carbons (Fsp3) is 0.273. The molecule has 2 heterocycles. The molecule has 0 N–H and O–H groups in total. The van der Waals surface area contributed by atoms with E-state index in [1.165, 1.54) is 18.4 Å². The number of furan rings is 1. The summed E-state index contributed by atoms with van der Waals surface area (Å²) in [7, 11) is 0. The molecule has 0 saturated carbocycles. The number of ether oxygens (including phenoxy) is 2. The van der Waals surface area contributed by atoms with Crippen LogP contribution in [0.1, 0.15) is 12.2 Å². The van der Waals surface area contributed by atoms with Crippen LogP contribution in [0.4, 0.5) is 0 Å². The van der Waals surface area contributed by atoms with Crippen molar-refractivity contribution >= 4 is 18.0 Å². The van der Waals surface area contributed by atoms with Crippen molar-refractivity contribution in [3.63, 3.8) is 0 Å². The molecule has 1 fully saturated rings. The third-order valence-corrected chi connectivity index (χ3v) is 2.07. The zero-order valence-corrected chi connectivity index (χ0v) is 8.42. The first-order chi connectivity index (χ1) is 7.75. The highest BCUT2D eigenvalue weighted by molar-refractivity contribution is 5.89. The van der Waals surface area contributed by atoms with Crippen molar-refractivity contribution in [2.24, 2.45) is 0 Å². The summed E-state index contributed by atoms with van der Waals surface area (Å²) in [6.45, 7) is 0.304. The lowest BCUT2D eigenvalue weighted by molar-refractivity contribution is -0.156. The summed E-state index contributed by atoms with van der Waals surface area (Å²) in [5.41, 5.74) is 0. The lowest BCUT2D eigenvalue weighted by Gasteiger charge is -2.04. The minimum absolute atomic E-state index is 0.304. The molecule has 1 saturated heterocycles. The van der Waals surface area contributed by atoms with Crippen molar-refractivity contribution < 1.29 is 23.5 Å². The van der Waals surface area contributed by atoms with Gasteiger partial charge in [0.2, 0.25) is 6.10 Å². The van der Waals surface area contributed by atoms with Crippen molar-refractivity contribution in [3.05, 3.63) is 30.2 Å². The van der Waals surface area contributed by atoms with E-state index >= 15 is 0 Å². The molecule has 0 aliphatic carbocycles. The number of carbonyl (C=O) groups excluding carboxylic acids is 2. The van der Waals surface area contributed by atoms with Crippen molar-refractivity contribution in [2.45, 2.75) is 12.5 Å². The average Bonchev–Trinajstić information content (AvgIpc) is 2.88. The molecule has 1 aliphatic heterocycles. The van der Waals surface area contributed by atoms with Crippen molar-refractivity contribution in [1.82, 2.24) is 0 Å². The first-order valence-corrected chi connectivity index (χ1v) is 4.84. The Kier molecular flexibility index (Phi) is 3.05. The van der Waals surface area contributed by atoms with E-state index in [1.54, 1.807) is 12.1 Å². The van der Waals surface area contributed by atoms with Crippen LogP contribution in [0.2, 0.25) is 0 Å². The van der Waals surface area contributed by atoms with Crippen LogP contribution in [-0.2, 0) is 19.1 Å². The monoisotopic (exact) mass is 222 g/mol. The normalized spacial score (nSPS) is 20.0. The van der Waals surface area contributed by atoms with Gasteiger partial charge in [0.05, 0.1) is 12.9 Å². The maximum atomic E-state index is 11.3. The van der Waals surface area contributed by atoms with Crippen LogP contribution in [0.25, 0.3) is 6.08 Å². The summed E-state index contributed by atoms with van der Waals surface area (Å²) in [6, 6.07) is 3.41. The minimum Gasteiger partial charge on any atom is -0.465 e. The van der Waals surface area contributed by atoms with E-state index in [4.69, 9.17) is 9.15 Å². The first-order valence-electron chi connectivity index (χ1n) is 4.84. The maximum absolute atomic E-state index is 11.3. The third kappa shape index (κ3) is 2.50. The van der Waals surface area contributed by atoms with Crippen LogP contribution in [0.5, 0.6) is 0 Å². The van der Waals surface area contributed by atoms with Gasteiger partial charge in [-0.25, -0.2) is 9.59 Å². The second-order valence-corrected chi connectivity index (χ2v) is 3.23. The quantitative estimate of drug-likeness (QED) is 0.567. The van der Waals surface area contributed by atoms with E-state index in [0.717, 1.165) is 0 Å². The molecule has 0 unspecified atom stereocenters. The Morgan fingerprint density at radius 2 is 2.44 bits per heavy atom. The highest BCUT2D eigenvalue weighted by atomic mass is 16.6. The summed E-state index contributed by atoms with van der Waals surface area (Å²) in [4.78, 5) is 22.3. The molecule has 1 aromatic rings. The van der Waals surface area contributed by atoms with Gasteiger partial charge in [0.25, 0.3) is 0 Å². The predicted molar refractivity (Wildman–Crippen MR) is 53.2 cm³/mol. The smallest absolute Gasteiger partial charge is 0.347 e. The summed E-state index contributed by atoms with van der Waals surface area (Å²) < 4.78 is 14.5. The highest BCUT2D eigenvalue weighted by Gasteiger charge is 2.29. The van der Waals surface area contributed by atoms with E-state index in [-0.39, 0.29) is 0 Å². The molecule has 2 rings (SSSR count). The number of hydrogen-bond acceptors (Lipinski definition) is 5. The standard InChI is InChI=1S/C11H10O5/c12-10(4-3-8-2-1-6-14-8)16-9-5-7-15-11(9)13/h1-4,6,9H,5,7H2/b4-3+/t9-/m1/s1. The molecule has 1 aliphatic rings. The van der Waals surface area contributed by atoms with Crippen LogP contribution in [0.3, 0.4) is 0 Å². The highest BCUT2D eigenvalue weighted by Crippen LogP contribution is 2.11. The maximum Gasteiger partial charge on any atom is 0.347 e. The molecule has 5 heteroatoms. The zero-order valence-electron chi connectivity index (χ0n) is 8.42. The SMILES string of the molecule is O=C(/C=C/c1ccco1)O[C@@H]1CCOC1=O. The largest absolute Gasteiger partial charge is 0.465 e. The minimum atomic E-state index is -0.770. The first kappa shape index (κ1) is 10.5. The Bertz CT molecular complexity index is 404. The van der Waals surface area contributed by atoms with E-state index in [1.807, 2.05) is 0 Å². The van der Waals surface area contributed by atoms with Gasteiger partial charge >= 0.3 is 11.9 Å². The van der Waals surface area contributed by atoms with E-state index in [0.29, 0.717) is 18.8 Å². The average molecular weight is 222 g/mol. The van der Waals surface area contributed by atoms with Crippen LogP contribution < -0.4 is 0 Å². The Morgan fingerprint density at radius 1 is 1.56 bits per heavy atom. The van der Waals surface area contributed by atoms with E-state index in [9.17, 15) is 9.59 Å². The topological polar surface area (TPSA) is 65.7 Å². The Morgan fingerprint density at radius 3 is 3.06 bits per heavy atom. The van der Waals surface area contributed by atoms with Gasteiger partial charge in [-0.05, 0) is 18.2 Å². The molecule has 5 nitrogen and oxygen atoms in total. The third-order valence-electron chi connectivity index (χ3n) is 2.07. The van der Waals surface area contributed by atoms with Gasteiger partial charge < -0.3 is 13.9 Å². The fourth-order valence-corrected chi connectivity index (χ4v) is 1.30. The second-order valence-electron chi connectivity index (χ2n) is 3.23. The number of carbonyl (C=O) groups is 2. The summed E-state index contributed by atoms with van der Waals surface area (Å²) >= 11 is 0. The van der Waals surface area contributed by atoms with E-state index < -0.39 is 18.0 Å².